The van der Waals surface area contributed by atoms with Gasteiger partial charge in [-0.3, -0.25) is 9.48 Å². The zero-order valence-corrected chi connectivity index (χ0v) is 15.2. The molecule has 28 heavy (non-hydrogen) atoms. The Labute approximate surface area is 161 Å². The van der Waals surface area contributed by atoms with E-state index in [0.29, 0.717) is 25.2 Å². The molecule has 2 heterocycles. The Morgan fingerprint density at radius 2 is 1.86 bits per heavy atom. The van der Waals surface area contributed by atoms with Crippen molar-refractivity contribution in [2.75, 3.05) is 5.32 Å². The van der Waals surface area contributed by atoms with Gasteiger partial charge in [0.05, 0.1) is 6.20 Å². The van der Waals surface area contributed by atoms with E-state index < -0.39 is 0 Å². The summed E-state index contributed by atoms with van der Waals surface area (Å²) >= 11 is 0. The summed E-state index contributed by atoms with van der Waals surface area (Å²) in [5.41, 5.74) is 1.83. The topological polar surface area (TPSA) is 59.8 Å². The zero-order chi connectivity index (χ0) is 19.3. The first-order valence-electron chi connectivity index (χ1n) is 9.11. The molecule has 0 aliphatic carbocycles. The van der Waals surface area contributed by atoms with E-state index in [0.717, 1.165) is 21.9 Å². The minimum Gasteiger partial charge on any atom is -0.310 e. The third-order valence-electron chi connectivity index (χ3n) is 4.53. The molecule has 2 aromatic carbocycles. The fourth-order valence-corrected chi connectivity index (χ4v) is 3.09. The van der Waals surface area contributed by atoms with Gasteiger partial charge in [-0.2, -0.15) is 5.10 Å². The number of carbonyl (C=O) groups excluding carboxylic acids is 1. The van der Waals surface area contributed by atoms with E-state index in [1.54, 1.807) is 29.2 Å². The van der Waals surface area contributed by atoms with Crippen LogP contribution in [0.25, 0.3) is 21.9 Å². The first-order chi connectivity index (χ1) is 13.7. The molecule has 0 aliphatic heterocycles. The summed E-state index contributed by atoms with van der Waals surface area (Å²) in [6.45, 7) is 0.623. The number of hydrogen-bond donors (Lipinski definition) is 1. The third kappa shape index (κ3) is 4.06. The Morgan fingerprint density at radius 1 is 1.04 bits per heavy atom. The fourth-order valence-electron chi connectivity index (χ4n) is 3.09. The van der Waals surface area contributed by atoms with Crippen molar-refractivity contribution in [1.82, 2.24) is 14.8 Å². The summed E-state index contributed by atoms with van der Waals surface area (Å²) in [4.78, 5) is 16.6. The number of rotatable bonds is 6. The molecule has 0 aliphatic rings. The number of nitrogens with zero attached hydrogens (tertiary/aromatic N) is 3. The van der Waals surface area contributed by atoms with Gasteiger partial charge in [0.2, 0.25) is 5.91 Å². The van der Waals surface area contributed by atoms with Crippen molar-refractivity contribution >= 4 is 22.5 Å². The van der Waals surface area contributed by atoms with Gasteiger partial charge in [-0.25, -0.2) is 9.37 Å². The van der Waals surface area contributed by atoms with Gasteiger partial charge in [0, 0.05) is 36.3 Å². The molecule has 1 amide bonds. The van der Waals surface area contributed by atoms with Crippen LogP contribution >= 0.6 is 0 Å². The molecule has 0 saturated carbocycles. The highest BCUT2D eigenvalue weighted by Gasteiger charge is 2.08. The largest absolute Gasteiger partial charge is 0.310 e. The highest BCUT2D eigenvalue weighted by Crippen LogP contribution is 2.21. The van der Waals surface area contributed by atoms with Gasteiger partial charge in [-0.15, -0.1) is 0 Å². The van der Waals surface area contributed by atoms with Crippen molar-refractivity contribution in [1.29, 1.82) is 0 Å². The maximum atomic E-state index is 13.0. The number of anilines is 1. The monoisotopic (exact) mass is 374 g/mol. The Hall–Kier alpha value is -3.54. The molecule has 4 aromatic rings. The van der Waals surface area contributed by atoms with Gasteiger partial charge in [-0.1, -0.05) is 36.4 Å². The first kappa shape index (κ1) is 17.9. The number of pyridine rings is 1. The minimum atomic E-state index is -0.261. The summed E-state index contributed by atoms with van der Waals surface area (Å²) in [7, 11) is 0. The molecule has 0 atom stereocenters. The van der Waals surface area contributed by atoms with E-state index in [4.69, 9.17) is 0 Å². The highest BCUT2D eigenvalue weighted by molar-refractivity contribution is 6.00. The Bertz CT molecular complexity index is 1100. The number of hydrogen-bond acceptors (Lipinski definition) is 3. The molecular formula is C22H19FN4O. The van der Waals surface area contributed by atoms with E-state index in [1.165, 1.54) is 12.1 Å². The quantitative estimate of drug-likeness (QED) is 0.534. The molecule has 6 heteroatoms. The van der Waals surface area contributed by atoms with Crippen molar-refractivity contribution < 1.29 is 9.18 Å². The second kappa shape index (κ2) is 8.00. The van der Waals surface area contributed by atoms with Crippen LogP contribution in [-0.4, -0.2) is 20.7 Å². The van der Waals surface area contributed by atoms with Crippen LogP contribution in [0, 0.1) is 5.82 Å². The van der Waals surface area contributed by atoms with E-state index in [-0.39, 0.29) is 11.7 Å². The molecule has 0 fully saturated rings. The second-order valence-corrected chi connectivity index (χ2v) is 6.53. The molecule has 0 unspecified atom stereocenters. The van der Waals surface area contributed by atoms with Crippen LogP contribution in [0.4, 0.5) is 10.2 Å². The zero-order valence-electron chi connectivity index (χ0n) is 15.2. The van der Waals surface area contributed by atoms with Crippen LogP contribution in [0.2, 0.25) is 0 Å². The number of halogens is 1. The van der Waals surface area contributed by atoms with E-state index >= 15 is 0 Å². The average Bonchev–Trinajstić information content (AvgIpc) is 3.18. The predicted octanol–water partition coefficient (Wildman–Crippen LogP) is 4.66. The standard InChI is InChI=1S/C22H19FN4O/c23-19-9-7-16(8-10-19)18-14-25-27(15-18)13-3-6-21(28)26-22-20-5-2-1-4-17(20)11-12-24-22/h1-2,4-5,7-12,14-15H,3,6,13H2,(H,24,26,28). The lowest BCUT2D eigenvalue weighted by atomic mass is 10.1. The Balaban J connectivity index is 1.33. The molecule has 0 radical (unpaired) electrons. The summed E-state index contributed by atoms with van der Waals surface area (Å²) in [5.74, 6) is 0.249. The highest BCUT2D eigenvalue weighted by atomic mass is 19.1. The van der Waals surface area contributed by atoms with Crippen LogP contribution in [0.5, 0.6) is 0 Å². The molecule has 2 aromatic heterocycles. The maximum Gasteiger partial charge on any atom is 0.225 e. The van der Waals surface area contributed by atoms with Crippen LogP contribution in [0.15, 0.2) is 73.2 Å². The summed E-state index contributed by atoms with van der Waals surface area (Å²) < 4.78 is 14.8. The normalized spacial score (nSPS) is 10.9. The van der Waals surface area contributed by atoms with Crippen molar-refractivity contribution in [2.24, 2.45) is 0 Å². The lowest BCUT2D eigenvalue weighted by Gasteiger charge is -2.07. The third-order valence-corrected chi connectivity index (χ3v) is 4.53. The molecule has 1 N–H and O–H groups in total. The van der Waals surface area contributed by atoms with Crippen molar-refractivity contribution in [3.63, 3.8) is 0 Å². The van der Waals surface area contributed by atoms with E-state index in [2.05, 4.69) is 15.4 Å². The number of amides is 1. The molecule has 5 nitrogen and oxygen atoms in total. The lowest BCUT2D eigenvalue weighted by Crippen LogP contribution is -2.13. The lowest BCUT2D eigenvalue weighted by molar-refractivity contribution is -0.116. The van der Waals surface area contributed by atoms with Gasteiger partial charge < -0.3 is 5.32 Å². The number of aromatic nitrogens is 3. The van der Waals surface area contributed by atoms with E-state index in [1.807, 2.05) is 36.5 Å². The minimum absolute atomic E-state index is 0.0743. The van der Waals surface area contributed by atoms with Gasteiger partial charge in [0.15, 0.2) is 0 Å². The first-order valence-corrected chi connectivity index (χ1v) is 9.11. The maximum absolute atomic E-state index is 13.0. The van der Waals surface area contributed by atoms with Gasteiger partial charge >= 0.3 is 0 Å². The number of fused-ring (bicyclic) bond motifs is 1. The van der Waals surface area contributed by atoms with Crippen molar-refractivity contribution in [2.45, 2.75) is 19.4 Å². The van der Waals surface area contributed by atoms with Crippen LogP contribution in [-0.2, 0) is 11.3 Å². The molecule has 4 rings (SSSR count). The van der Waals surface area contributed by atoms with Gasteiger partial charge in [0.1, 0.15) is 11.6 Å². The number of nitrogens with one attached hydrogen (secondary N) is 1. The van der Waals surface area contributed by atoms with Crippen LogP contribution < -0.4 is 5.32 Å². The van der Waals surface area contributed by atoms with Gasteiger partial charge in [-0.05, 0) is 35.6 Å². The second-order valence-electron chi connectivity index (χ2n) is 6.53. The Morgan fingerprint density at radius 3 is 2.71 bits per heavy atom. The van der Waals surface area contributed by atoms with E-state index in [9.17, 15) is 9.18 Å². The molecule has 0 spiro atoms. The van der Waals surface area contributed by atoms with Crippen LogP contribution in [0.3, 0.4) is 0 Å². The summed E-state index contributed by atoms with van der Waals surface area (Å²) in [6, 6.07) is 16.0. The summed E-state index contributed by atoms with van der Waals surface area (Å²) in [6.07, 6.45) is 6.36. The molecule has 0 saturated heterocycles. The fraction of sp³-hybridized carbons (Fsp3) is 0.136. The van der Waals surface area contributed by atoms with Gasteiger partial charge in [0.25, 0.3) is 0 Å². The average molecular weight is 374 g/mol. The Kier molecular flexibility index (Phi) is 5.10. The van der Waals surface area contributed by atoms with Crippen molar-refractivity contribution in [3.8, 4) is 11.1 Å². The number of benzene rings is 2. The molecule has 0 bridgehead atoms. The number of aryl methyl sites for hydroxylation is 1. The smallest absolute Gasteiger partial charge is 0.225 e. The predicted molar refractivity (Wildman–Crippen MR) is 107 cm³/mol. The molecule has 140 valence electrons. The van der Waals surface area contributed by atoms with Crippen LogP contribution in [0.1, 0.15) is 12.8 Å². The van der Waals surface area contributed by atoms with Crippen molar-refractivity contribution in [3.05, 3.63) is 79.0 Å². The number of carbonyl (C=O) groups is 1. The molecular weight excluding hydrogens is 355 g/mol. The SMILES string of the molecule is O=C(CCCn1cc(-c2ccc(F)cc2)cn1)Nc1nccc2ccccc12. The summed E-state index contributed by atoms with van der Waals surface area (Å²) in [5, 5.41) is 9.17.